The summed E-state index contributed by atoms with van der Waals surface area (Å²) < 4.78 is 6.31. The lowest BCUT2D eigenvalue weighted by molar-refractivity contribution is -0.172. The van der Waals surface area contributed by atoms with Crippen molar-refractivity contribution in [1.82, 2.24) is 0 Å². The molecule has 4 aliphatic carbocycles. The smallest absolute Gasteiger partial charge is 0.342 e. The summed E-state index contributed by atoms with van der Waals surface area (Å²) in [6.45, 7) is 13.3. The normalized spacial score (nSPS) is 45.4. The summed E-state index contributed by atoms with van der Waals surface area (Å²) in [6, 6.07) is 0. The van der Waals surface area contributed by atoms with Gasteiger partial charge in [-0.3, -0.25) is 4.79 Å². The van der Waals surface area contributed by atoms with Gasteiger partial charge in [-0.1, -0.05) is 42.4 Å². The SMILES string of the molecule is C=C1[C@H]2C[C@H]2[C@@]2(C)[C@H]1CC1=C(C=O)C(=O)O[C@@]13C(CC=C(C)C)C(C)=CC[C@@H]23. The molecule has 5 rings (SSSR count). The van der Waals surface area contributed by atoms with Gasteiger partial charge in [0, 0.05) is 11.8 Å². The molecule has 148 valence electrons. The molecule has 1 aliphatic heterocycles. The highest BCUT2D eigenvalue weighted by Crippen LogP contribution is 2.77. The Labute approximate surface area is 167 Å². The molecule has 0 aromatic carbocycles. The van der Waals surface area contributed by atoms with Crippen molar-refractivity contribution in [2.45, 2.75) is 59.0 Å². The van der Waals surface area contributed by atoms with Crippen molar-refractivity contribution in [2.24, 2.45) is 35.0 Å². The molecule has 0 saturated heterocycles. The maximum absolute atomic E-state index is 12.8. The summed E-state index contributed by atoms with van der Waals surface area (Å²) in [7, 11) is 0. The summed E-state index contributed by atoms with van der Waals surface area (Å²) in [4.78, 5) is 24.8. The van der Waals surface area contributed by atoms with E-state index in [4.69, 9.17) is 4.74 Å². The molecule has 0 bridgehead atoms. The van der Waals surface area contributed by atoms with Crippen LogP contribution in [0, 0.1) is 35.0 Å². The molecule has 7 atom stereocenters. The van der Waals surface area contributed by atoms with Gasteiger partial charge in [0.1, 0.15) is 11.2 Å². The van der Waals surface area contributed by atoms with Gasteiger partial charge in [0.2, 0.25) is 0 Å². The first kappa shape index (κ1) is 18.1. The quantitative estimate of drug-likeness (QED) is 0.302. The number of rotatable bonds is 3. The van der Waals surface area contributed by atoms with E-state index >= 15 is 0 Å². The van der Waals surface area contributed by atoms with E-state index in [2.05, 4.69) is 46.4 Å². The molecule has 1 unspecified atom stereocenters. The first-order chi connectivity index (χ1) is 13.3. The molecule has 3 fully saturated rings. The zero-order valence-corrected chi connectivity index (χ0v) is 17.4. The third kappa shape index (κ3) is 1.96. The van der Waals surface area contributed by atoms with Gasteiger partial charge in [-0.25, -0.2) is 4.79 Å². The monoisotopic (exact) mass is 378 g/mol. The molecule has 0 N–H and O–H groups in total. The number of aldehydes is 1. The second-order valence-electron chi connectivity index (χ2n) is 10.1. The first-order valence-electron chi connectivity index (χ1n) is 10.7. The Kier molecular flexibility index (Phi) is 3.62. The van der Waals surface area contributed by atoms with Crippen LogP contribution in [0.15, 0.2) is 46.6 Å². The second kappa shape index (κ2) is 5.58. The Bertz CT molecular complexity index is 899. The van der Waals surface area contributed by atoms with Gasteiger partial charge >= 0.3 is 5.97 Å². The van der Waals surface area contributed by atoms with Crippen molar-refractivity contribution >= 4 is 12.3 Å². The van der Waals surface area contributed by atoms with Crippen molar-refractivity contribution < 1.29 is 14.3 Å². The predicted octanol–water partition coefficient (Wildman–Crippen LogP) is 4.95. The highest BCUT2D eigenvalue weighted by atomic mass is 16.6. The first-order valence-corrected chi connectivity index (χ1v) is 10.7. The summed E-state index contributed by atoms with van der Waals surface area (Å²) in [5.41, 5.74) is 4.63. The molecule has 3 saturated carbocycles. The predicted molar refractivity (Wildman–Crippen MR) is 108 cm³/mol. The van der Waals surface area contributed by atoms with Crippen molar-refractivity contribution in [3.63, 3.8) is 0 Å². The Hall–Kier alpha value is -1.90. The molecule has 3 heteroatoms. The molecule has 0 aromatic heterocycles. The van der Waals surface area contributed by atoms with Crippen LogP contribution in [-0.4, -0.2) is 17.9 Å². The second-order valence-corrected chi connectivity index (χ2v) is 10.1. The third-order valence-corrected chi connectivity index (χ3v) is 8.84. The summed E-state index contributed by atoms with van der Waals surface area (Å²) >= 11 is 0. The molecular formula is C25H30O3. The molecule has 1 spiro atoms. The van der Waals surface area contributed by atoms with Gasteiger partial charge in [0.25, 0.3) is 0 Å². The van der Waals surface area contributed by atoms with Crippen LogP contribution in [0.5, 0.6) is 0 Å². The molecule has 0 amide bonds. The van der Waals surface area contributed by atoms with Crippen molar-refractivity contribution in [3.05, 3.63) is 46.6 Å². The van der Waals surface area contributed by atoms with Gasteiger partial charge in [-0.05, 0) is 75.2 Å². The Morgan fingerprint density at radius 1 is 1.39 bits per heavy atom. The van der Waals surface area contributed by atoms with E-state index in [1.165, 1.54) is 23.1 Å². The topological polar surface area (TPSA) is 43.4 Å². The van der Waals surface area contributed by atoms with Crippen LogP contribution >= 0.6 is 0 Å². The fourth-order valence-electron chi connectivity index (χ4n) is 7.45. The number of esters is 1. The van der Waals surface area contributed by atoms with Crippen LogP contribution in [0.2, 0.25) is 0 Å². The van der Waals surface area contributed by atoms with Gasteiger partial charge in [-0.2, -0.15) is 0 Å². The fraction of sp³-hybridized carbons (Fsp3) is 0.600. The van der Waals surface area contributed by atoms with E-state index in [0.29, 0.717) is 17.8 Å². The number of hydrogen-bond donors (Lipinski definition) is 0. The highest BCUT2D eigenvalue weighted by molar-refractivity contribution is 6.11. The van der Waals surface area contributed by atoms with Crippen LogP contribution in [-0.2, 0) is 14.3 Å². The van der Waals surface area contributed by atoms with Crippen LogP contribution in [0.3, 0.4) is 0 Å². The minimum absolute atomic E-state index is 0.101. The van der Waals surface area contributed by atoms with Crippen LogP contribution in [0.1, 0.15) is 53.4 Å². The number of carbonyl (C=O) groups is 2. The number of fused-ring (bicyclic) bond motifs is 4. The number of allylic oxidation sites excluding steroid dienone is 4. The molecule has 1 heterocycles. The lowest BCUT2D eigenvalue weighted by Gasteiger charge is -2.59. The Morgan fingerprint density at radius 2 is 2.14 bits per heavy atom. The molecular weight excluding hydrogens is 348 g/mol. The van der Waals surface area contributed by atoms with Gasteiger partial charge in [0.05, 0.1) is 0 Å². The van der Waals surface area contributed by atoms with Crippen LogP contribution < -0.4 is 0 Å². The average Bonchev–Trinajstić information content (AvgIpc) is 3.34. The number of carbonyl (C=O) groups excluding carboxylic acids is 2. The fourth-order valence-corrected chi connectivity index (χ4v) is 7.45. The van der Waals surface area contributed by atoms with Gasteiger partial charge in [-0.15, -0.1) is 0 Å². The molecule has 5 aliphatic rings. The number of hydrogen-bond acceptors (Lipinski definition) is 3. The minimum Gasteiger partial charge on any atom is -0.450 e. The van der Waals surface area contributed by atoms with Crippen molar-refractivity contribution in [1.29, 1.82) is 0 Å². The van der Waals surface area contributed by atoms with Crippen LogP contribution in [0.4, 0.5) is 0 Å². The van der Waals surface area contributed by atoms with Crippen molar-refractivity contribution in [2.75, 3.05) is 0 Å². The number of ether oxygens (including phenoxy) is 1. The van der Waals surface area contributed by atoms with E-state index in [1.54, 1.807) is 0 Å². The van der Waals surface area contributed by atoms with E-state index in [0.717, 1.165) is 31.1 Å². The van der Waals surface area contributed by atoms with E-state index in [1.807, 2.05) is 0 Å². The summed E-state index contributed by atoms with van der Waals surface area (Å²) in [5.74, 6) is 1.58. The molecule has 28 heavy (non-hydrogen) atoms. The maximum Gasteiger partial charge on any atom is 0.342 e. The maximum atomic E-state index is 12.8. The highest BCUT2D eigenvalue weighted by Gasteiger charge is 2.74. The lowest BCUT2D eigenvalue weighted by atomic mass is 9.47. The zero-order chi connectivity index (χ0) is 20.0. The summed E-state index contributed by atoms with van der Waals surface area (Å²) in [5, 5.41) is 0. The molecule has 0 aromatic rings. The van der Waals surface area contributed by atoms with Gasteiger partial charge < -0.3 is 4.74 Å². The lowest BCUT2D eigenvalue weighted by Crippen LogP contribution is -2.60. The molecule has 3 nitrogen and oxygen atoms in total. The third-order valence-electron chi connectivity index (χ3n) is 8.84. The van der Waals surface area contributed by atoms with Crippen LogP contribution in [0.25, 0.3) is 0 Å². The standard InChI is InChI=1S/C25H30O3/c1-13(2)6-8-18-14(3)7-9-22-24(5)19(15(4)16-10-20(16)24)11-21-17(12-26)23(27)28-25(18,21)22/h6-7,12,16,18-20,22H,4,8-11H2,1-3,5H3/t16-,18?,19+,20-,22+,24-,25+/m1/s1. The summed E-state index contributed by atoms with van der Waals surface area (Å²) in [6.07, 6.45) is 9.13. The zero-order valence-electron chi connectivity index (χ0n) is 17.4. The molecule has 0 radical (unpaired) electrons. The van der Waals surface area contributed by atoms with Crippen molar-refractivity contribution in [3.8, 4) is 0 Å². The average molecular weight is 379 g/mol. The van der Waals surface area contributed by atoms with E-state index in [-0.39, 0.29) is 22.8 Å². The Morgan fingerprint density at radius 3 is 2.82 bits per heavy atom. The van der Waals surface area contributed by atoms with E-state index < -0.39 is 11.6 Å². The Balaban J connectivity index is 1.73. The van der Waals surface area contributed by atoms with E-state index in [9.17, 15) is 9.59 Å². The minimum atomic E-state index is -0.652. The van der Waals surface area contributed by atoms with Gasteiger partial charge in [0.15, 0.2) is 6.29 Å². The largest absolute Gasteiger partial charge is 0.450 e.